The normalized spacial score (nSPS) is 11.5. The maximum absolute atomic E-state index is 12.5. The van der Waals surface area contributed by atoms with Gasteiger partial charge in [0.1, 0.15) is 11.3 Å². The van der Waals surface area contributed by atoms with Crippen molar-refractivity contribution in [1.29, 1.82) is 0 Å². The van der Waals surface area contributed by atoms with Gasteiger partial charge in [0.25, 0.3) is 0 Å². The fraction of sp³-hybridized carbons (Fsp3) is 0.0625. The number of benzene rings is 2. The van der Waals surface area contributed by atoms with E-state index >= 15 is 0 Å². The summed E-state index contributed by atoms with van der Waals surface area (Å²) in [7, 11) is -4.50. The molecule has 0 aliphatic heterocycles. The first-order chi connectivity index (χ1) is 12.7. The summed E-state index contributed by atoms with van der Waals surface area (Å²) < 4.78 is 21.4. The molecule has 2 aromatic carbocycles. The molecule has 0 saturated carbocycles. The molecular weight excluding hydrogens is 381 g/mol. The lowest BCUT2D eigenvalue weighted by molar-refractivity contribution is 0.292. The number of phenolic OH excluding ortho intramolecular Hbond substituents is 2. The Kier molecular flexibility index (Phi) is 4.71. The van der Waals surface area contributed by atoms with E-state index in [2.05, 4.69) is 5.18 Å². The maximum atomic E-state index is 12.5. The molecule has 0 unspecified atom stereocenters. The van der Waals surface area contributed by atoms with Crippen LogP contribution in [0.5, 0.6) is 17.2 Å². The summed E-state index contributed by atoms with van der Waals surface area (Å²) in [5.74, 6) is -1.14. The van der Waals surface area contributed by atoms with Crippen molar-refractivity contribution < 1.29 is 33.7 Å². The zero-order valence-corrected chi connectivity index (χ0v) is 14.3. The van der Waals surface area contributed by atoms with E-state index in [1.54, 1.807) is 0 Å². The van der Waals surface area contributed by atoms with Gasteiger partial charge in [-0.15, -0.1) is 4.91 Å². The fourth-order valence-electron chi connectivity index (χ4n) is 2.38. The van der Waals surface area contributed by atoms with Crippen LogP contribution in [0.25, 0.3) is 22.3 Å². The zero-order chi connectivity index (χ0) is 19.8. The molecule has 4 N–H and O–H groups in total. The van der Waals surface area contributed by atoms with Gasteiger partial charge in [-0.25, -0.2) is 0 Å². The first-order valence-corrected chi connectivity index (χ1v) is 9.13. The van der Waals surface area contributed by atoms with Gasteiger partial charge in [0.05, 0.1) is 5.39 Å². The fourth-order valence-corrected chi connectivity index (χ4v) is 2.68. The Bertz CT molecular complexity index is 1150. The second kappa shape index (κ2) is 6.84. The van der Waals surface area contributed by atoms with E-state index in [0.717, 1.165) is 12.1 Å². The lowest BCUT2D eigenvalue weighted by atomic mass is 10.1. The molecule has 0 fully saturated rings. The van der Waals surface area contributed by atoms with Crippen LogP contribution in [0.15, 0.2) is 50.8 Å². The van der Waals surface area contributed by atoms with Crippen molar-refractivity contribution in [1.82, 2.24) is 0 Å². The Labute approximate surface area is 150 Å². The molecular formula is C16H12NO9P. The monoisotopic (exact) mass is 393 g/mol. The average molecular weight is 393 g/mol. The van der Waals surface area contributed by atoms with Crippen LogP contribution < -0.4 is 10.2 Å². The smallest absolute Gasteiger partial charge is 0.362 e. The van der Waals surface area contributed by atoms with Gasteiger partial charge in [0.2, 0.25) is 5.43 Å². The van der Waals surface area contributed by atoms with Crippen LogP contribution in [-0.2, 0) is 4.57 Å². The molecule has 0 amide bonds. The number of fused-ring (bicyclic) bond motifs is 1. The third-order valence-corrected chi connectivity index (χ3v) is 4.02. The van der Waals surface area contributed by atoms with Gasteiger partial charge in [0.15, 0.2) is 29.3 Å². The van der Waals surface area contributed by atoms with Gasteiger partial charge in [-0.05, 0) is 35.5 Å². The van der Waals surface area contributed by atoms with Crippen LogP contribution in [0.3, 0.4) is 0 Å². The largest absolute Gasteiger partial charge is 0.508 e. The molecule has 1 heterocycles. The van der Waals surface area contributed by atoms with Crippen LogP contribution in [0.4, 0.5) is 5.69 Å². The molecule has 1 aromatic heterocycles. The molecule has 0 spiro atoms. The maximum Gasteiger partial charge on any atom is 0.362 e. The van der Waals surface area contributed by atoms with Gasteiger partial charge < -0.3 is 29.2 Å². The second-order valence-corrected chi connectivity index (χ2v) is 7.09. The minimum atomic E-state index is -4.50. The standard InChI is InChI=1S/C16H12NO9P/c18-9-2-3-10-12(6-9)26-16(14(17-21)15(10)20)8-1-4-11(19)13(5-8)25-7-27(22,23)24/h1-6,18-19H,7H2,(H2,22,23,24). The van der Waals surface area contributed by atoms with Crippen molar-refractivity contribution in [2.45, 2.75) is 0 Å². The topological polar surface area (TPSA) is 167 Å². The molecule has 0 aliphatic rings. The molecule has 0 bridgehead atoms. The molecule has 0 saturated heterocycles. The van der Waals surface area contributed by atoms with Gasteiger partial charge in [-0.3, -0.25) is 9.36 Å². The van der Waals surface area contributed by atoms with E-state index in [1.807, 2.05) is 0 Å². The quantitative estimate of drug-likeness (QED) is 0.376. The highest BCUT2D eigenvalue weighted by molar-refractivity contribution is 7.51. The molecule has 0 aliphatic carbocycles. The summed E-state index contributed by atoms with van der Waals surface area (Å²) in [6.07, 6.45) is -0.988. The zero-order valence-electron chi connectivity index (χ0n) is 13.4. The first kappa shape index (κ1) is 18.6. The summed E-state index contributed by atoms with van der Waals surface area (Å²) >= 11 is 0. The molecule has 3 rings (SSSR count). The number of phenols is 2. The number of rotatable bonds is 5. The van der Waals surface area contributed by atoms with E-state index in [0.29, 0.717) is 0 Å². The summed E-state index contributed by atoms with van der Waals surface area (Å²) in [4.78, 5) is 41.4. The Balaban J connectivity index is 2.18. The lowest BCUT2D eigenvalue weighted by Crippen LogP contribution is -2.03. The van der Waals surface area contributed by atoms with Gasteiger partial charge in [0, 0.05) is 11.6 Å². The number of hydrogen-bond acceptors (Lipinski definition) is 8. The molecule has 0 atom stereocenters. The Hall–Kier alpha value is -3.20. The van der Waals surface area contributed by atoms with Crippen LogP contribution in [0.1, 0.15) is 0 Å². The Morgan fingerprint density at radius 1 is 1.11 bits per heavy atom. The van der Waals surface area contributed by atoms with Crippen molar-refractivity contribution in [3.05, 3.63) is 51.5 Å². The summed E-state index contributed by atoms with van der Waals surface area (Å²) in [6.45, 7) is 0. The predicted octanol–water partition coefficient (Wildman–Crippen LogP) is 2.78. The van der Waals surface area contributed by atoms with E-state index in [-0.39, 0.29) is 33.8 Å². The number of aromatic hydroxyl groups is 2. The van der Waals surface area contributed by atoms with Crippen molar-refractivity contribution in [3.63, 3.8) is 0 Å². The third kappa shape index (κ3) is 3.82. The summed E-state index contributed by atoms with van der Waals surface area (Å²) in [5.41, 5.74) is -1.19. The molecule has 140 valence electrons. The van der Waals surface area contributed by atoms with Crippen LogP contribution in [-0.4, -0.2) is 26.3 Å². The molecule has 27 heavy (non-hydrogen) atoms. The second-order valence-electron chi connectivity index (χ2n) is 5.50. The highest BCUT2D eigenvalue weighted by Crippen LogP contribution is 2.40. The molecule has 3 aromatic rings. The molecule has 11 heteroatoms. The number of nitrogens with zero attached hydrogens (tertiary/aromatic N) is 1. The van der Waals surface area contributed by atoms with Crippen molar-refractivity contribution >= 4 is 24.3 Å². The van der Waals surface area contributed by atoms with E-state index in [4.69, 9.17) is 18.9 Å². The van der Waals surface area contributed by atoms with Crippen molar-refractivity contribution in [2.75, 3.05) is 6.35 Å². The van der Waals surface area contributed by atoms with Crippen molar-refractivity contribution in [3.8, 4) is 28.6 Å². The highest BCUT2D eigenvalue weighted by atomic mass is 31.2. The average Bonchev–Trinajstić information content (AvgIpc) is 2.60. The first-order valence-electron chi connectivity index (χ1n) is 7.33. The van der Waals surface area contributed by atoms with Crippen LogP contribution >= 0.6 is 7.60 Å². The van der Waals surface area contributed by atoms with Crippen molar-refractivity contribution in [2.24, 2.45) is 5.18 Å². The van der Waals surface area contributed by atoms with E-state index in [9.17, 15) is 24.5 Å². The van der Waals surface area contributed by atoms with E-state index < -0.39 is 30.8 Å². The van der Waals surface area contributed by atoms with Gasteiger partial charge in [-0.1, -0.05) is 0 Å². The summed E-state index contributed by atoms with van der Waals surface area (Å²) in [6, 6.07) is 7.27. The lowest BCUT2D eigenvalue weighted by Gasteiger charge is -2.11. The highest BCUT2D eigenvalue weighted by Gasteiger charge is 2.20. The van der Waals surface area contributed by atoms with Gasteiger partial charge in [-0.2, -0.15) is 0 Å². The van der Waals surface area contributed by atoms with E-state index in [1.165, 1.54) is 24.3 Å². The minimum Gasteiger partial charge on any atom is -0.508 e. The Morgan fingerprint density at radius 2 is 1.85 bits per heavy atom. The predicted molar refractivity (Wildman–Crippen MR) is 94.2 cm³/mol. The van der Waals surface area contributed by atoms with Crippen LogP contribution in [0.2, 0.25) is 0 Å². The molecule has 0 radical (unpaired) electrons. The third-order valence-electron chi connectivity index (χ3n) is 3.55. The number of hydrogen-bond donors (Lipinski definition) is 4. The Morgan fingerprint density at radius 3 is 2.52 bits per heavy atom. The summed E-state index contributed by atoms with van der Waals surface area (Å²) in [5, 5.41) is 22.1. The van der Waals surface area contributed by atoms with Crippen LogP contribution in [0, 0.1) is 4.91 Å². The molecule has 10 nitrogen and oxygen atoms in total. The SMILES string of the molecule is O=Nc1c(-c2ccc(O)c(OCP(=O)(O)O)c2)oc2cc(O)ccc2c1=O. The number of ether oxygens (including phenoxy) is 1. The number of nitroso groups, excluding NO2 is 1. The minimum absolute atomic E-state index is 0.00633. The van der Waals surface area contributed by atoms with Gasteiger partial charge >= 0.3 is 7.60 Å².